The van der Waals surface area contributed by atoms with E-state index < -0.39 is 10.0 Å². The van der Waals surface area contributed by atoms with E-state index in [1.165, 1.54) is 6.92 Å². The van der Waals surface area contributed by atoms with Gasteiger partial charge in [0.05, 0.1) is 4.90 Å². The van der Waals surface area contributed by atoms with Crippen LogP contribution in [0.1, 0.15) is 34.0 Å². The number of carbonyl (C=O) groups excluding carboxylic acids is 2. The molecule has 0 spiro atoms. The van der Waals surface area contributed by atoms with Crippen molar-refractivity contribution in [3.8, 4) is 0 Å². The fraction of sp³-hybridized carbons (Fsp3) is 0.200. The van der Waals surface area contributed by atoms with Crippen LogP contribution in [0, 0.1) is 13.8 Å². The van der Waals surface area contributed by atoms with Crippen LogP contribution in [0.5, 0.6) is 0 Å². The molecule has 0 bridgehead atoms. The van der Waals surface area contributed by atoms with Crippen molar-refractivity contribution in [1.82, 2.24) is 4.90 Å². The third kappa shape index (κ3) is 6.20. The van der Waals surface area contributed by atoms with E-state index in [1.54, 1.807) is 60.5 Å². The molecule has 0 aliphatic carbocycles. The summed E-state index contributed by atoms with van der Waals surface area (Å²) in [5.41, 5.74) is 4.15. The monoisotopic (exact) mass is 465 g/mol. The number of aryl methyl sites for hydroxylation is 2. The molecule has 7 nitrogen and oxygen atoms in total. The lowest BCUT2D eigenvalue weighted by atomic mass is 10.1. The van der Waals surface area contributed by atoms with Crippen LogP contribution in [0.15, 0.2) is 71.6 Å². The van der Waals surface area contributed by atoms with Crippen LogP contribution >= 0.6 is 0 Å². The van der Waals surface area contributed by atoms with Crippen LogP contribution < -0.4 is 10.0 Å². The Balaban J connectivity index is 1.68. The van der Waals surface area contributed by atoms with E-state index in [0.29, 0.717) is 23.5 Å². The lowest BCUT2D eigenvalue weighted by Crippen LogP contribution is -2.23. The van der Waals surface area contributed by atoms with Crippen LogP contribution in [-0.4, -0.2) is 32.2 Å². The Morgan fingerprint density at radius 2 is 1.58 bits per heavy atom. The summed E-state index contributed by atoms with van der Waals surface area (Å²) < 4.78 is 27.9. The van der Waals surface area contributed by atoms with Gasteiger partial charge < -0.3 is 10.2 Å². The Morgan fingerprint density at radius 1 is 0.879 bits per heavy atom. The molecule has 3 rings (SSSR count). The smallest absolute Gasteiger partial charge is 0.261 e. The number of nitrogens with one attached hydrogen (secondary N) is 2. The number of benzene rings is 3. The molecule has 3 aromatic carbocycles. The zero-order chi connectivity index (χ0) is 24.2. The molecular weight excluding hydrogens is 438 g/mol. The molecule has 0 aliphatic heterocycles. The Labute approximate surface area is 194 Å². The van der Waals surface area contributed by atoms with Crippen molar-refractivity contribution in [2.24, 2.45) is 0 Å². The van der Waals surface area contributed by atoms with Crippen molar-refractivity contribution in [2.45, 2.75) is 32.2 Å². The normalized spacial score (nSPS) is 11.0. The zero-order valence-electron chi connectivity index (χ0n) is 19.0. The minimum absolute atomic E-state index is 0.0438. The first-order valence-corrected chi connectivity index (χ1v) is 11.9. The van der Waals surface area contributed by atoms with Crippen LogP contribution in [0.4, 0.5) is 11.4 Å². The van der Waals surface area contributed by atoms with Gasteiger partial charge >= 0.3 is 0 Å². The molecule has 8 heteroatoms. The van der Waals surface area contributed by atoms with Crippen molar-refractivity contribution >= 4 is 33.2 Å². The maximum absolute atomic E-state index is 12.7. The largest absolute Gasteiger partial charge is 0.342 e. The van der Waals surface area contributed by atoms with Gasteiger partial charge in [-0.15, -0.1) is 0 Å². The first kappa shape index (κ1) is 24.0. The highest BCUT2D eigenvalue weighted by atomic mass is 32.2. The van der Waals surface area contributed by atoms with Gasteiger partial charge in [-0.05, 0) is 79.1 Å². The highest BCUT2D eigenvalue weighted by Crippen LogP contribution is 2.20. The van der Waals surface area contributed by atoms with Gasteiger partial charge in [0.2, 0.25) is 5.91 Å². The number of hydrogen-bond donors (Lipinski definition) is 2. The number of carbonyl (C=O) groups is 2. The van der Waals surface area contributed by atoms with E-state index in [0.717, 1.165) is 16.7 Å². The average molecular weight is 466 g/mol. The maximum atomic E-state index is 12.7. The quantitative estimate of drug-likeness (QED) is 0.543. The van der Waals surface area contributed by atoms with Crippen LogP contribution in [0.25, 0.3) is 0 Å². The van der Waals surface area contributed by atoms with Gasteiger partial charge in [-0.2, -0.15) is 0 Å². The zero-order valence-corrected chi connectivity index (χ0v) is 19.9. The number of anilines is 2. The predicted octanol–water partition coefficient (Wildman–Crippen LogP) is 4.33. The van der Waals surface area contributed by atoms with E-state index in [9.17, 15) is 18.0 Å². The minimum Gasteiger partial charge on any atom is -0.342 e. The molecule has 0 aromatic heterocycles. The second-order valence-electron chi connectivity index (χ2n) is 7.96. The lowest BCUT2D eigenvalue weighted by Gasteiger charge is -2.15. The van der Waals surface area contributed by atoms with Crippen molar-refractivity contribution in [3.63, 3.8) is 0 Å². The molecule has 2 amide bonds. The molecule has 0 aliphatic rings. The van der Waals surface area contributed by atoms with E-state index in [-0.39, 0.29) is 16.7 Å². The molecule has 2 N–H and O–H groups in total. The number of sulfonamides is 1. The Bertz CT molecular complexity index is 1290. The number of rotatable bonds is 7. The molecular formula is C25H27N3O4S. The van der Waals surface area contributed by atoms with Gasteiger partial charge in [0, 0.05) is 37.5 Å². The van der Waals surface area contributed by atoms with Gasteiger partial charge in [-0.3, -0.25) is 14.3 Å². The third-order valence-electron chi connectivity index (χ3n) is 5.33. The molecule has 3 aromatic rings. The van der Waals surface area contributed by atoms with E-state index in [2.05, 4.69) is 10.0 Å². The Hall–Kier alpha value is -3.65. The van der Waals surface area contributed by atoms with E-state index in [4.69, 9.17) is 0 Å². The van der Waals surface area contributed by atoms with Gasteiger partial charge in [-0.1, -0.05) is 18.2 Å². The molecule has 0 saturated heterocycles. The second-order valence-corrected chi connectivity index (χ2v) is 9.64. The highest BCUT2D eigenvalue weighted by molar-refractivity contribution is 7.92. The summed E-state index contributed by atoms with van der Waals surface area (Å²) in [6, 6.07) is 18.4. The van der Waals surface area contributed by atoms with Crippen molar-refractivity contribution in [2.75, 3.05) is 17.1 Å². The Morgan fingerprint density at radius 3 is 2.21 bits per heavy atom. The molecule has 0 radical (unpaired) electrons. The summed E-state index contributed by atoms with van der Waals surface area (Å²) in [7, 11) is -2.02. The molecule has 0 unspecified atom stereocenters. The third-order valence-corrected chi connectivity index (χ3v) is 6.71. The molecule has 0 saturated carbocycles. The maximum Gasteiger partial charge on any atom is 0.261 e. The van der Waals surface area contributed by atoms with Crippen LogP contribution in [0.3, 0.4) is 0 Å². The fourth-order valence-corrected chi connectivity index (χ4v) is 4.26. The van der Waals surface area contributed by atoms with E-state index in [1.807, 2.05) is 32.0 Å². The van der Waals surface area contributed by atoms with Gasteiger partial charge in [-0.25, -0.2) is 8.42 Å². The summed E-state index contributed by atoms with van der Waals surface area (Å²) in [5, 5.41) is 2.83. The van der Waals surface area contributed by atoms with E-state index >= 15 is 0 Å². The standard InChI is InChI=1S/C25H27N3O4S/c1-17-8-13-24(14-18(17)2)33(31,32)27-22-11-9-21(10-12-22)25(30)26-23-7-5-6-20(15-23)16-28(4)19(3)29/h5-15,27H,16H2,1-4H3,(H,26,30). The van der Waals surface area contributed by atoms with Gasteiger partial charge in [0.25, 0.3) is 15.9 Å². The van der Waals surface area contributed by atoms with Crippen molar-refractivity contribution in [3.05, 3.63) is 89.0 Å². The highest BCUT2D eigenvalue weighted by Gasteiger charge is 2.15. The SMILES string of the molecule is CC(=O)N(C)Cc1cccc(NC(=O)c2ccc(NS(=O)(=O)c3ccc(C)c(C)c3)cc2)c1. The Kier molecular flexibility index (Phi) is 7.18. The molecule has 0 atom stereocenters. The predicted molar refractivity (Wildman–Crippen MR) is 130 cm³/mol. The van der Waals surface area contributed by atoms with Crippen molar-refractivity contribution < 1.29 is 18.0 Å². The number of nitrogens with zero attached hydrogens (tertiary/aromatic N) is 1. The molecule has 172 valence electrons. The molecule has 33 heavy (non-hydrogen) atoms. The van der Waals surface area contributed by atoms with Crippen LogP contribution in [-0.2, 0) is 21.4 Å². The fourth-order valence-electron chi connectivity index (χ4n) is 3.12. The molecule has 0 fully saturated rings. The molecule has 0 heterocycles. The summed E-state index contributed by atoms with van der Waals surface area (Å²) in [5.74, 6) is -0.367. The van der Waals surface area contributed by atoms with Crippen molar-refractivity contribution in [1.29, 1.82) is 0 Å². The second kappa shape index (κ2) is 9.87. The summed E-state index contributed by atoms with van der Waals surface area (Å²) in [6.07, 6.45) is 0. The summed E-state index contributed by atoms with van der Waals surface area (Å²) in [6.45, 7) is 5.72. The number of hydrogen-bond acceptors (Lipinski definition) is 4. The number of amides is 2. The van der Waals surface area contributed by atoms with Crippen LogP contribution in [0.2, 0.25) is 0 Å². The van der Waals surface area contributed by atoms with Gasteiger partial charge in [0.1, 0.15) is 0 Å². The van der Waals surface area contributed by atoms with Gasteiger partial charge in [0.15, 0.2) is 0 Å². The first-order valence-electron chi connectivity index (χ1n) is 10.4. The average Bonchev–Trinajstić information content (AvgIpc) is 2.76. The summed E-state index contributed by atoms with van der Waals surface area (Å²) >= 11 is 0. The minimum atomic E-state index is -3.73. The summed E-state index contributed by atoms with van der Waals surface area (Å²) in [4.78, 5) is 25.8. The first-order chi connectivity index (χ1) is 15.5. The lowest BCUT2D eigenvalue weighted by molar-refractivity contribution is -0.128. The topological polar surface area (TPSA) is 95.6 Å².